The van der Waals surface area contributed by atoms with Crippen molar-refractivity contribution in [2.75, 3.05) is 13.1 Å². The van der Waals surface area contributed by atoms with E-state index < -0.39 is 0 Å². The summed E-state index contributed by atoms with van der Waals surface area (Å²) in [5, 5.41) is 7.98. The zero-order chi connectivity index (χ0) is 9.97. The molecule has 5 nitrogen and oxygen atoms in total. The Balaban J connectivity index is 1.90. The molecule has 1 fully saturated rings. The van der Waals surface area contributed by atoms with Gasteiger partial charge in [0.1, 0.15) is 0 Å². The first-order valence-corrected chi connectivity index (χ1v) is 5.07. The van der Waals surface area contributed by atoms with Crippen LogP contribution in [0.1, 0.15) is 18.5 Å². The molecule has 0 aromatic carbocycles. The van der Waals surface area contributed by atoms with Crippen molar-refractivity contribution in [3.8, 4) is 0 Å². The maximum atomic E-state index is 5.90. The van der Waals surface area contributed by atoms with E-state index in [0.717, 1.165) is 31.7 Å². The first-order valence-electron chi connectivity index (χ1n) is 5.07. The molecule has 1 aliphatic rings. The minimum atomic E-state index is 0.334. The van der Waals surface area contributed by atoms with Gasteiger partial charge in [0.2, 0.25) is 0 Å². The molecule has 2 N–H and O–H groups in total. The molecule has 1 aromatic rings. The van der Waals surface area contributed by atoms with Crippen LogP contribution in [0, 0.1) is 0 Å². The summed E-state index contributed by atoms with van der Waals surface area (Å²) in [4.78, 5) is 2.35. The van der Waals surface area contributed by atoms with E-state index in [1.807, 2.05) is 13.2 Å². The standard InChI is InChI=1S/C9H17N5/c1-13-6-9(11-12-13)7-14-4-2-3-8(10)5-14/h6,8H,2-5,7,10H2,1H3. The van der Waals surface area contributed by atoms with Crippen molar-refractivity contribution in [1.29, 1.82) is 0 Å². The third-order valence-electron chi connectivity index (χ3n) is 2.58. The Hall–Kier alpha value is -0.940. The minimum Gasteiger partial charge on any atom is -0.327 e. The zero-order valence-corrected chi connectivity index (χ0v) is 8.56. The van der Waals surface area contributed by atoms with Gasteiger partial charge >= 0.3 is 0 Å². The van der Waals surface area contributed by atoms with Crippen LogP contribution < -0.4 is 5.73 Å². The smallest absolute Gasteiger partial charge is 0.0967 e. The van der Waals surface area contributed by atoms with Crippen LogP contribution in [0.5, 0.6) is 0 Å². The van der Waals surface area contributed by atoms with E-state index in [1.54, 1.807) is 4.68 Å². The molecule has 0 radical (unpaired) electrons. The largest absolute Gasteiger partial charge is 0.327 e. The summed E-state index contributed by atoms with van der Waals surface area (Å²) in [5.41, 5.74) is 6.93. The molecule has 0 saturated carbocycles. The second-order valence-electron chi connectivity index (χ2n) is 4.02. The summed E-state index contributed by atoms with van der Waals surface area (Å²) in [5.74, 6) is 0. The maximum Gasteiger partial charge on any atom is 0.0967 e. The van der Waals surface area contributed by atoms with Crippen LogP contribution in [0.25, 0.3) is 0 Å². The molecule has 0 amide bonds. The second kappa shape index (κ2) is 4.06. The first-order chi connectivity index (χ1) is 6.74. The van der Waals surface area contributed by atoms with E-state index in [0.29, 0.717) is 6.04 Å². The van der Waals surface area contributed by atoms with Crippen molar-refractivity contribution in [1.82, 2.24) is 19.9 Å². The lowest BCUT2D eigenvalue weighted by Gasteiger charge is -2.29. The number of hydrogen-bond acceptors (Lipinski definition) is 4. The molecule has 0 bridgehead atoms. The van der Waals surface area contributed by atoms with Crippen LogP contribution in [0.2, 0.25) is 0 Å². The third-order valence-corrected chi connectivity index (χ3v) is 2.58. The van der Waals surface area contributed by atoms with Gasteiger partial charge in [-0.05, 0) is 19.4 Å². The summed E-state index contributed by atoms with van der Waals surface area (Å²) >= 11 is 0. The van der Waals surface area contributed by atoms with Gasteiger partial charge < -0.3 is 5.73 Å². The molecule has 2 rings (SSSR count). The highest BCUT2D eigenvalue weighted by molar-refractivity contribution is 4.92. The Morgan fingerprint density at radius 3 is 3.14 bits per heavy atom. The predicted molar refractivity (Wildman–Crippen MR) is 53.5 cm³/mol. The van der Waals surface area contributed by atoms with Gasteiger partial charge in [0.25, 0.3) is 0 Å². The number of hydrogen-bond donors (Lipinski definition) is 1. The number of aryl methyl sites for hydroxylation is 1. The highest BCUT2D eigenvalue weighted by Gasteiger charge is 2.17. The fourth-order valence-electron chi connectivity index (χ4n) is 1.93. The molecular weight excluding hydrogens is 178 g/mol. The van der Waals surface area contributed by atoms with Crippen molar-refractivity contribution in [3.05, 3.63) is 11.9 Å². The monoisotopic (exact) mass is 195 g/mol. The fraction of sp³-hybridized carbons (Fsp3) is 0.778. The summed E-state index contributed by atoms with van der Waals surface area (Å²) in [6.45, 7) is 2.99. The SMILES string of the molecule is Cn1cc(CN2CCCC(N)C2)nn1. The van der Waals surface area contributed by atoms with Crippen molar-refractivity contribution in [3.63, 3.8) is 0 Å². The Bertz CT molecular complexity index is 295. The first kappa shape index (κ1) is 9.61. The van der Waals surface area contributed by atoms with Crippen molar-refractivity contribution in [2.45, 2.75) is 25.4 Å². The van der Waals surface area contributed by atoms with E-state index in [9.17, 15) is 0 Å². The molecular formula is C9H17N5. The van der Waals surface area contributed by atoms with Crippen LogP contribution in [-0.2, 0) is 13.6 Å². The number of rotatable bonds is 2. The highest BCUT2D eigenvalue weighted by atomic mass is 15.4. The average Bonchev–Trinajstić information content (AvgIpc) is 2.51. The Morgan fingerprint density at radius 1 is 1.64 bits per heavy atom. The summed E-state index contributed by atoms with van der Waals surface area (Å²) in [6, 6.07) is 0.334. The van der Waals surface area contributed by atoms with E-state index in [2.05, 4.69) is 15.2 Å². The zero-order valence-electron chi connectivity index (χ0n) is 8.56. The van der Waals surface area contributed by atoms with Crippen LogP contribution >= 0.6 is 0 Å². The summed E-state index contributed by atoms with van der Waals surface area (Å²) < 4.78 is 1.74. The van der Waals surface area contributed by atoms with Gasteiger partial charge in [-0.3, -0.25) is 9.58 Å². The van der Waals surface area contributed by atoms with Crippen LogP contribution in [0.15, 0.2) is 6.20 Å². The van der Waals surface area contributed by atoms with E-state index in [1.165, 1.54) is 6.42 Å². The van der Waals surface area contributed by atoms with Gasteiger partial charge in [0, 0.05) is 32.4 Å². The normalized spacial score (nSPS) is 24.0. The topological polar surface area (TPSA) is 60.0 Å². The number of nitrogens with zero attached hydrogens (tertiary/aromatic N) is 4. The van der Waals surface area contributed by atoms with Crippen LogP contribution in [0.3, 0.4) is 0 Å². The molecule has 1 aliphatic heterocycles. The number of likely N-dealkylation sites (tertiary alicyclic amines) is 1. The molecule has 1 aromatic heterocycles. The summed E-state index contributed by atoms with van der Waals surface area (Å²) in [7, 11) is 1.89. The number of nitrogens with two attached hydrogens (primary N) is 1. The Kier molecular flexibility index (Phi) is 2.79. The van der Waals surface area contributed by atoms with E-state index in [4.69, 9.17) is 5.73 Å². The third kappa shape index (κ3) is 2.30. The number of aromatic nitrogens is 3. The molecule has 1 saturated heterocycles. The van der Waals surface area contributed by atoms with Crippen molar-refractivity contribution < 1.29 is 0 Å². The molecule has 5 heteroatoms. The Labute approximate surface area is 83.9 Å². The lowest BCUT2D eigenvalue weighted by atomic mass is 10.1. The number of piperidine rings is 1. The average molecular weight is 195 g/mol. The molecule has 78 valence electrons. The molecule has 2 heterocycles. The lowest BCUT2D eigenvalue weighted by molar-refractivity contribution is 0.199. The highest BCUT2D eigenvalue weighted by Crippen LogP contribution is 2.10. The quantitative estimate of drug-likeness (QED) is 0.706. The van der Waals surface area contributed by atoms with E-state index >= 15 is 0 Å². The molecule has 0 spiro atoms. The van der Waals surface area contributed by atoms with Gasteiger partial charge in [-0.2, -0.15) is 0 Å². The molecule has 1 atom stereocenters. The van der Waals surface area contributed by atoms with Crippen molar-refractivity contribution >= 4 is 0 Å². The minimum absolute atomic E-state index is 0.334. The van der Waals surface area contributed by atoms with Gasteiger partial charge in [-0.15, -0.1) is 5.10 Å². The Morgan fingerprint density at radius 2 is 2.50 bits per heavy atom. The van der Waals surface area contributed by atoms with Crippen LogP contribution in [-0.4, -0.2) is 39.0 Å². The van der Waals surface area contributed by atoms with Crippen LogP contribution in [0.4, 0.5) is 0 Å². The molecule has 1 unspecified atom stereocenters. The van der Waals surface area contributed by atoms with Gasteiger partial charge in [-0.1, -0.05) is 5.21 Å². The van der Waals surface area contributed by atoms with Crippen molar-refractivity contribution in [2.24, 2.45) is 12.8 Å². The van der Waals surface area contributed by atoms with Gasteiger partial charge in [-0.25, -0.2) is 0 Å². The van der Waals surface area contributed by atoms with E-state index in [-0.39, 0.29) is 0 Å². The van der Waals surface area contributed by atoms with Gasteiger partial charge in [0.15, 0.2) is 0 Å². The fourth-order valence-corrected chi connectivity index (χ4v) is 1.93. The maximum absolute atomic E-state index is 5.90. The van der Waals surface area contributed by atoms with Gasteiger partial charge in [0.05, 0.1) is 5.69 Å². The summed E-state index contributed by atoms with van der Waals surface area (Å²) in [6.07, 6.45) is 4.30. The predicted octanol–water partition coefficient (Wildman–Crippen LogP) is -0.262. The molecule has 14 heavy (non-hydrogen) atoms. The second-order valence-corrected chi connectivity index (χ2v) is 4.02. The lowest BCUT2D eigenvalue weighted by Crippen LogP contribution is -2.42. The molecule has 0 aliphatic carbocycles.